The van der Waals surface area contributed by atoms with Crippen LogP contribution >= 0.6 is 0 Å². The molecule has 0 aromatic heterocycles. The van der Waals surface area contributed by atoms with Gasteiger partial charge < -0.3 is 16.0 Å². The minimum absolute atomic E-state index is 0.145. The smallest absolute Gasteiger partial charge is 0.315 e. The Labute approximate surface area is 149 Å². The van der Waals surface area contributed by atoms with E-state index in [4.69, 9.17) is 0 Å². The van der Waals surface area contributed by atoms with E-state index < -0.39 is 6.04 Å². The lowest BCUT2D eigenvalue weighted by atomic mass is 9.94. The molecule has 0 radical (unpaired) electrons. The Bertz CT molecular complexity index is 613. The predicted octanol–water partition coefficient (Wildman–Crippen LogP) is 1.75. The molecule has 1 aliphatic carbocycles. The number of benzene rings is 1. The van der Waals surface area contributed by atoms with Crippen molar-refractivity contribution in [2.45, 2.75) is 57.3 Å². The summed E-state index contributed by atoms with van der Waals surface area (Å²) in [6.07, 6.45) is 6.58. The molecule has 0 bridgehead atoms. The number of amides is 3. The molecule has 136 valence electrons. The molecule has 1 atom stereocenters. The van der Waals surface area contributed by atoms with E-state index in [1.54, 1.807) is 0 Å². The lowest BCUT2D eigenvalue weighted by Gasteiger charge is -2.31. The van der Waals surface area contributed by atoms with Crippen molar-refractivity contribution in [1.29, 1.82) is 0 Å². The van der Waals surface area contributed by atoms with Crippen LogP contribution in [0.25, 0.3) is 0 Å². The number of rotatable bonds is 6. The molecule has 1 aliphatic heterocycles. The maximum Gasteiger partial charge on any atom is 0.315 e. The number of hydrogen-bond acceptors (Lipinski definition) is 3. The Balaban J connectivity index is 1.56. The van der Waals surface area contributed by atoms with Crippen LogP contribution in [0.5, 0.6) is 0 Å². The van der Waals surface area contributed by atoms with Gasteiger partial charge in [-0.25, -0.2) is 4.79 Å². The zero-order chi connectivity index (χ0) is 17.6. The predicted molar refractivity (Wildman–Crippen MR) is 97.0 cm³/mol. The molecule has 3 N–H and O–H groups in total. The Kier molecular flexibility index (Phi) is 5.91. The first-order valence-electron chi connectivity index (χ1n) is 9.22. The lowest BCUT2D eigenvalue weighted by molar-refractivity contribution is -0.122. The third-order valence-corrected chi connectivity index (χ3v) is 5.28. The first kappa shape index (κ1) is 17.7. The second kappa shape index (κ2) is 8.34. The van der Waals surface area contributed by atoms with Gasteiger partial charge in [-0.05, 0) is 31.0 Å². The second-order valence-electron chi connectivity index (χ2n) is 7.10. The summed E-state index contributed by atoms with van der Waals surface area (Å²) in [6, 6.07) is 8.16. The molecule has 6 nitrogen and oxygen atoms in total. The van der Waals surface area contributed by atoms with Gasteiger partial charge >= 0.3 is 6.03 Å². The quantitative estimate of drug-likeness (QED) is 0.736. The van der Waals surface area contributed by atoms with E-state index in [9.17, 15) is 9.59 Å². The Hall–Kier alpha value is -2.08. The van der Waals surface area contributed by atoms with Gasteiger partial charge in [0.2, 0.25) is 5.91 Å². The Morgan fingerprint density at radius 2 is 1.92 bits per heavy atom. The van der Waals surface area contributed by atoms with E-state index in [0.29, 0.717) is 19.1 Å². The SMILES string of the molecule is CN(Cc1ccccc1CNC(=O)[C@H]1CNC(=O)N1)C1CCCCC1. The monoisotopic (exact) mass is 344 g/mol. The third kappa shape index (κ3) is 4.72. The highest BCUT2D eigenvalue weighted by atomic mass is 16.2. The Morgan fingerprint density at radius 3 is 2.60 bits per heavy atom. The molecular weight excluding hydrogens is 316 g/mol. The fraction of sp³-hybridized carbons (Fsp3) is 0.579. The molecule has 1 aromatic rings. The van der Waals surface area contributed by atoms with E-state index in [2.05, 4.69) is 46.1 Å². The molecule has 25 heavy (non-hydrogen) atoms. The van der Waals surface area contributed by atoms with Crippen molar-refractivity contribution < 1.29 is 9.59 Å². The molecule has 1 saturated heterocycles. The van der Waals surface area contributed by atoms with E-state index in [1.807, 2.05) is 6.07 Å². The van der Waals surface area contributed by atoms with Gasteiger partial charge in [-0.15, -0.1) is 0 Å². The van der Waals surface area contributed by atoms with Crippen LogP contribution in [0.3, 0.4) is 0 Å². The molecule has 6 heteroatoms. The van der Waals surface area contributed by atoms with Gasteiger partial charge in [0.05, 0.1) is 0 Å². The van der Waals surface area contributed by atoms with Crippen LogP contribution in [0, 0.1) is 0 Å². The number of carbonyl (C=O) groups excluding carboxylic acids is 2. The number of carbonyl (C=O) groups is 2. The maximum atomic E-state index is 12.2. The molecule has 2 fully saturated rings. The minimum atomic E-state index is -0.482. The van der Waals surface area contributed by atoms with Gasteiger partial charge in [0.15, 0.2) is 0 Å². The van der Waals surface area contributed by atoms with Crippen LogP contribution in [0.15, 0.2) is 24.3 Å². The van der Waals surface area contributed by atoms with Crippen molar-refractivity contribution in [2.75, 3.05) is 13.6 Å². The highest BCUT2D eigenvalue weighted by Gasteiger charge is 2.26. The summed E-state index contributed by atoms with van der Waals surface area (Å²) in [4.78, 5) is 25.8. The number of nitrogens with one attached hydrogen (secondary N) is 3. The molecular formula is C19H28N4O2. The van der Waals surface area contributed by atoms with Crippen LogP contribution < -0.4 is 16.0 Å². The highest BCUT2D eigenvalue weighted by Crippen LogP contribution is 2.23. The van der Waals surface area contributed by atoms with E-state index >= 15 is 0 Å². The summed E-state index contributed by atoms with van der Waals surface area (Å²) in [5.41, 5.74) is 2.39. The zero-order valence-electron chi connectivity index (χ0n) is 14.9. The first-order chi connectivity index (χ1) is 12.1. The standard InChI is InChI=1S/C19H28N4O2/c1-23(16-9-3-2-4-10-16)13-15-8-6-5-7-14(15)11-20-18(24)17-12-21-19(25)22-17/h5-8,16-17H,2-4,9-13H2,1H3,(H,20,24)(H2,21,22,25)/t17-/m1/s1. The third-order valence-electron chi connectivity index (χ3n) is 5.28. The lowest BCUT2D eigenvalue weighted by Crippen LogP contribution is -2.42. The van der Waals surface area contributed by atoms with Crippen LogP contribution in [0.1, 0.15) is 43.2 Å². The van der Waals surface area contributed by atoms with Gasteiger partial charge in [-0.1, -0.05) is 43.5 Å². The largest absolute Gasteiger partial charge is 0.350 e. The van der Waals surface area contributed by atoms with E-state index in [-0.39, 0.29) is 11.9 Å². The summed E-state index contributed by atoms with van der Waals surface area (Å²) in [7, 11) is 2.20. The average molecular weight is 344 g/mol. The topological polar surface area (TPSA) is 73.5 Å². The fourth-order valence-electron chi connectivity index (χ4n) is 3.72. The van der Waals surface area contributed by atoms with Crippen molar-refractivity contribution in [3.05, 3.63) is 35.4 Å². The summed E-state index contributed by atoms with van der Waals surface area (Å²) >= 11 is 0. The Morgan fingerprint density at radius 1 is 1.20 bits per heavy atom. The van der Waals surface area contributed by atoms with Crippen LogP contribution in [-0.2, 0) is 17.9 Å². The highest BCUT2D eigenvalue weighted by molar-refractivity contribution is 5.90. The molecule has 1 heterocycles. The summed E-state index contributed by atoms with van der Waals surface area (Å²) in [6.45, 7) is 1.73. The molecule has 3 rings (SSSR count). The van der Waals surface area contributed by atoms with Crippen LogP contribution in [-0.4, -0.2) is 42.5 Å². The van der Waals surface area contributed by atoms with Gasteiger partial charge in [0.1, 0.15) is 6.04 Å². The number of hydrogen-bond donors (Lipinski definition) is 3. The number of nitrogens with zero attached hydrogens (tertiary/aromatic N) is 1. The molecule has 1 saturated carbocycles. The van der Waals surface area contributed by atoms with E-state index in [0.717, 1.165) is 12.1 Å². The molecule has 1 aromatic carbocycles. The van der Waals surface area contributed by atoms with Gasteiger partial charge in [0, 0.05) is 25.7 Å². The normalized spacial score (nSPS) is 21.0. The maximum absolute atomic E-state index is 12.2. The second-order valence-corrected chi connectivity index (χ2v) is 7.10. The van der Waals surface area contributed by atoms with Crippen molar-refractivity contribution in [2.24, 2.45) is 0 Å². The summed E-state index contributed by atoms with van der Waals surface area (Å²) in [5, 5.41) is 8.16. The van der Waals surface area contributed by atoms with E-state index in [1.165, 1.54) is 37.7 Å². The summed E-state index contributed by atoms with van der Waals surface area (Å²) in [5.74, 6) is -0.145. The molecule has 0 spiro atoms. The fourth-order valence-corrected chi connectivity index (χ4v) is 3.72. The van der Waals surface area contributed by atoms with Crippen molar-refractivity contribution >= 4 is 11.9 Å². The first-order valence-corrected chi connectivity index (χ1v) is 9.22. The van der Waals surface area contributed by atoms with Gasteiger partial charge in [-0.3, -0.25) is 9.69 Å². The van der Waals surface area contributed by atoms with Crippen LogP contribution in [0.4, 0.5) is 4.79 Å². The van der Waals surface area contributed by atoms with Crippen LogP contribution in [0.2, 0.25) is 0 Å². The van der Waals surface area contributed by atoms with Gasteiger partial charge in [-0.2, -0.15) is 0 Å². The minimum Gasteiger partial charge on any atom is -0.350 e. The zero-order valence-corrected chi connectivity index (χ0v) is 14.9. The van der Waals surface area contributed by atoms with Crippen molar-refractivity contribution in [3.8, 4) is 0 Å². The van der Waals surface area contributed by atoms with Crippen molar-refractivity contribution in [1.82, 2.24) is 20.9 Å². The molecule has 0 unspecified atom stereocenters. The molecule has 3 amide bonds. The summed E-state index contributed by atoms with van der Waals surface area (Å²) < 4.78 is 0. The average Bonchev–Trinajstić information content (AvgIpc) is 3.08. The molecule has 2 aliphatic rings. The van der Waals surface area contributed by atoms with Crippen molar-refractivity contribution in [3.63, 3.8) is 0 Å². The number of urea groups is 1. The van der Waals surface area contributed by atoms with Gasteiger partial charge in [0.25, 0.3) is 0 Å².